The standard InChI is InChI=1S/C32H39ClN2O4S/c1-21-5-3-7-29(38-2)26-11-8-24(26)17-35-19-32(14-4-6-22-15-25(33)10-12-27(22)32)20-39-30-13-9-23(16-28(30)35)31(36)34-40(37)18-21/h3,7,9-10,12-13,15-16,21,24,26,29,40H,4-6,8,11,14,17-20H2,1-2H3/b7-3-/t21-,24-,26+,29-,32-/m0/s1. The average Bonchev–Trinajstić information content (AvgIpc) is 3.06. The van der Waals surface area contributed by atoms with Crippen LogP contribution in [0.4, 0.5) is 5.69 Å². The molecule has 2 bridgehead atoms. The summed E-state index contributed by atoms with van der Waals surface area (Å²) < 4.78 is 29.4. The fourth-order valence-electron chi connectivity index (χ4n) is 7.17. The summed E-state index contributed by atoms with van der Waals surface area (Å²) in [6.45, 7) is 4.29. The third-order valence-corrected chi connectivity index (χ3v) is 11.0. The Hall–Kier alpha value is -2.35. The minimum atomic E-state index is -1.98. The Bertz CT molecular complexity index is 1400. The van der Waals surface area contributed by atoms with Gasteiger partial charge in [0.25, 0.3) is 5.91 Å². The smallest absolute Gasteiger partial charge is 0.284 e. The van der Waals surface area contributed by atoms with Crippen molar-refractivity contribution in [3.63, 3.8) is 0 Å². The van der Waals surface area contributed by atoms with Gasteiger partial charge in [-0.05, 0) is 97.7 Å². The Morgan fingerprint density at radius 2 is 2.08 bits per heavy atom. The van der Waals surface area contributed by atoms with Crippen LogP contribution in [0.1, 0.15) is 60.5 Å². The van der Waals surface area contributed by atoms with E-state index < -0.39 is 16.5 Å². The van der Waals surface area contributed by atoms with Crippen molar-refractivity contribution in [3.05, 3.63) is 70.3 Å². The quantitative estimate of drug-likeness (QED) is 0.318. The lowest BCUT2D eigenvalue weighted by atomic mass is 9.68. The summed E-state index contributed by atoms with van der Waals surface area (Å²) in [5.41, 5.74) is 3.84. The molecule has 1 amide bonds. The number of fused-ring (bicyclic) bond motifs is 4. The second-order valence-corrected chi connectivity index (χ2v) is 13.9. The largest absolute Gasteiger partial charge is 0.490 e. The molecule has 2 aromatic carbocycles. The number of hydrogen-bond donors (Lipinski definition) is 1. The molecule has 2 aromatic rings. The van der Waals surface area contributed by atoms with Crippen molar-refractivity contribution in [2.45, 2.75) is 57.0 Å². The lowest BCUT2D eigenvalue weighted by molar-refractivity contribution is 0.0131. The fourth-order valence-corrected chi connectivity index (χ4v) is 8.44. The molecular formula is C32H39ClN2O4S. The number of methoxy groups -OCH3 is 1. The van der Waals surface area contributed by atoms with Crippen LogP contribution in [-0.4, -0.2) is 48.8 Å². The first kappa shape index (κ1) is 27.8. The summed E-state index contributed by atoms with van der Waals surface area (Å²) >= 11 is 6.40. The van der Waals surface area contributed by atoms with Gasteiger partial charge in [-0.3, -0.25) is 9.00 Å². The zero-order valence-corrected chi connectivity index (χ0v) is 25.0. The highest BCUT2D eigenvalue weighted by Gasteiger charge is 2.44. The van der Waals surface area contributed by atoms with Gasteiger partial charge in [-0.2, -0.15) is 4.36 Å². The van der Waals surface area contributed by atoms with Gasteiger partial charge in [-0.1, -0.05) is 36.7 Å². The molecule has 214 valence electrons. The number of carbonyl (C=O) groups is 1. The molecule has 4 aliphatic rings. The first-order valence-electron chi connectivity index (χ1n) is 14.6. The minimum absolute atomic E-state index is 0.0550. The monoisotopic (exact) mass is 582 g/mol. The molecule has 2 aliphatic carbocycles. The number of nitrogens with zero attached hydrogens (tertiary/aromatic N) is 2. The molecule has 0 saturated heterocycles. The number of benzene rings is 2. The van der Waals surface area contributed by atoms with Gasteiger partial charge in [0, 0.05) is 52.5 Å². The topological polar surface area (TPSA) is 68.2 Å². The summed E-state index contributed by atoms with van der Waals surface area (Å²) in [5, 5.41) is 0.772. The molecule has 0 radical (unpaired) electrons. The van der Waals surface area contributed by atoms with Crippen molar-refractivity contribution in [2.75, 3.05) is 37.5 Å². The third-order valence-electron chi connectivity index (χ3n) is 9.44. The van der Waals surface area contributed by atoms with Crippen LogP contribution in [0.15, 0.2) is 52.9 Å². The Morgan fingerprint density at radius 3 is 2.88 bits per heavy atom. The van der Waals surface area contributed by atoms with Gasteiger partial charge in [0.2, 0.25) is 0 Å². The molecule has 6 nitrogen and oxygen atoms in total. The number of ether oxygens (including phenoxy) is 2. The molecule has 1 unspecified atom stereocenters. The van der Waals surface area contributed by atoms with Gasteiger partial charge in [0.15, 0.2) is 0 Å². The maximum atomic E-state index is 13.1. The zero-order chi connectivity index (χ0) is 27.9. The molecule has 1 spiro atoms. The van der Waals surface area contributed by atoms with Gasteiger partial charge in [-0.25, -0.2) is 0 Å². The molecule has 40 heavy (non-hydrogen) atoms. The molecule has 8 heteroatoms. The van der Waals surface area contributed by atoms with Gasteiger partial charge >= 0.3 is 0 Å². The number of rotatable bonds is 1. The summed E-state index contributed by atoms with van der Waals surface area (Å²) in [7, 11) is -0.183. The highest BCUT2D eigenvalue weighted by molar-refractivity contribution is 7.75. The molecular weight excluding hydrogens is 544 g/mol. The van der Waals surface area contributed by atoms with Crippen molar-refractivity contribution in [1.29, 1.82) is 0 Å². The van der Waals surface area contributed by atoms with E-state index in [1.165, 1.54) is 11.1 Å². The maximum absolute atomic E-state index is 13.1. The van der Waals surface area contributed by atoms with Gasteiger partial charge < -0.3 is 14.4 Å². The number of hydrogen-bond acceptors (Lipinski definition) is 5. The normalized spacial score (nSPS) is 33.4. The second-order valence-electron chi connectivity index (χ2n) is 12.2. The first-order valence-corrected chi connectivity index (χ1v) is 16.3. The Balaban J connectivity index is 1.43. The van der Waals surface area contributed by atoms with E-state index in [1.54, 1.807) is 13.2 Å². The SMILES string of the molecule is CO[C@H]1/C=C\C[C@H](C)C/[SH](=O)=N\C(=O)c2ccc3c(c2)N(C[C@@H]2CC[C@H]21)C[C@@]1(CCCc2cc(Cl)ccc21)CO3. The molecule has 2 heterocycles. The van der Waals surface area contributed by atoms with Crippen molar-refractivity contribution in [3.8, 4) is 5.75 Å². The lowest BCUT2D eigenvalue weighted by Crippen LogP contribution is -2.49. The van der Waals surface area contributed by atoms with Crippen LogP contribution in [0.3, 0.4) is 0 Å². The highest BCUT2D eigenvalue weighted by atomic mass is 35.5. The second kappa shape index (κ2) is 11.5. The average molecular weight is 583 g/mol. The van der Waals surface area contributed by atoms with Crippen LogP contribution in [0, 0.1) is 17.8 Å². The van der Waals surface area contributed by atoms with E-state index >= 15 is 0 Å². The number of halogens is 1. The predicted molar refractivity (Wildman–Crippen MR) is 161 cm³/mol. The minimum Gasteiger partial charge on any atom is -0.490 e. The molecule has 0 N–H and O–H groups in total. The summed E-state index contributed by atoms with van der Waals surface area (Å²) in [6, 6.07) is 11.9. The molecule has 1 fully saturated rings. The first-order chi connectivity index (χ1) is 19.3. The number of aryl methyl sites for hydroxylation is 1. The molecule has 6 rings (SSSR count). The van der Waals surface area contributed by atoms with E-state index in [0.29, 0.717) is 29.8 Å². The summed E-state index contributed by atoms with van der Waals surface area (Å²) in [6.07, 6.45) is 10.6. The molecule has 2 aliphatic heterocycles. The van der Waals surface area contributed by atoms with Crippen molar-refractivity contribution < 1.29 is 18.5 Å². The predicted octanol–water partition coefficient (Wildman–Crippen LogP) is 6.26. The van der Waals surface area contributed by atoms with Gasteiger partial charge in [0.05, 0.1) is 18.4 Å². The van der Waals surface area contributed by atoms with Crippen LogP contribution in [0.2, 0.25) is 5.02 Å². The van der Waals surface area contributed by atoms with E-state index in [4.69, 9.17) is 21.1 Å². The van der Waals surface area contributed by atoms with Crippen LogP contribution in [0.25, 0.3) is 0 Å². The van der Waals surface area contributed by atoms with Gasteiger partial charge in [0.1, 0.15) is 5.75 Å². The van der Waals surface area contributed by atoms with Crippen molar-refractivity contribution >= 4 is 33.8 Å². The summed E-state index contributed by atoms with van der Waals surface area (Å²) in [4.78, 5) is 15.6. The van der Waals surface area contributed by atoms with E-state index in [0.717, 1.165) is 68.1 Å². The molecule has 1 saturated carbocycles. The number of anilines is 1. The maximum Gasteiger partial charge on any atom is 0.284 e. The van der Waals surface area contributed by atoms with Crippen molar-refractivity contribution in [2.24, 2.45) is 22.1 Å². The Kier molecular flexibility index (Phi) is 7.99. The van der Waals surface area contributed by atoms with E-state index in [1.807, 2.05) is 18.2 Å². The Labute approximate surface area is 244 Å². The van der Waals surface area contributed by atoms with Crippen LogP contribution < -0.4 is 9.64 Å². The van der Waals surface area contributed by atoms with Crippen molar-refractivity contribution in [1.82, 2.24) is 0 Å². The Morgan fingerprint density at radius 1 is 1.20 bits per heavy atom. The molecule has 6 atom stereocenters. The van der Waals surface area contributed by atoms with E-state index in [2.05, 4.69) is 40.5 Å². The van der Waals surface area contributed by atoms with E-state index in [9.17, 15) is 9.00 Å². The van der Waals surface area contributed by atoms with Gasteiger partial charge in [-0.15, -0.1) is 0 Å². The zero-order valence-electron chi connectivity index (χ0n) is 23.4. The van der Waals surface area contributed by atoms with Crippen LogP contribution in [-0.2, 0) is 27.2 Å². The van der Waals surface area contributed by atoms with Crippen LogP contribution >= 0.6 is 11.6 Å². The third kappa shape index (κ3) is 5.45. The number of thiol groups is 1. The number of amides is 1. The number of allylic oxidation sites excluding steroid dienone is 1. The number of carbonyl (C=O) groups excluding carboxylic acids is 1. The lowest BCUT2D eigenvalue weighted by Gasteiger charge is -2.46. The molecule has 0 aromatic heterocycles. The van der Waals surface area contributed by atoms with Crippen LogP contribution in [0.5, 0.6) is 5.75 Å². The van der Waals surface area contributed by atoms with E-state index in [-0.39, 0.29) is 17.4 Å². The summed E-state index contributed by atoms with van der Waals surface area (Å²) in [5.74, 6) is 1.82. The highest BCUT2D eigenvalue weighted by Crippen LogP contribution is 2.47. The fraction of sp³-hybridized carbons (Fsp3) is 0.531.